The predicted octanol–water partition coefficient (Wildman–Crippen LogP) is 6.08. The molecule has 2 aliphatic rings. The number of carbonyl (C=O) groups excluding carboxylic acids is 1. The number of halogens is 1. The summed E-state index contributed by atoms with van der Waals surface area (Å²) < 4.78 is 14.7. The van der Waals surface area contributed by atoms with Gasteiger partial charge in [-0.2, -0.15) is 0 Å². The average Bonchev–Trinajstić information content (AvgIpc) is 3.18. The first-order valence-electron chi connectivity index (χ1n) is 9.39. The summed E-state index contributed by atoms with van der Waals surface area (Å²) in [6, 6.07) is 10.4. The van der Waals surface area contributed by atoms with Gasteiger partial charge in [-0.25, -0.2) is 4.39 Å². The first-order valence-corrected chi connectivity index (χ1v) is 9.39. The molecule has 0 N–H and O–H groups in total. The molecular formula is C27H19FO. The number of allylic oxidation sites excluding steroid dienone is 8. The molecule has 0 spiro atoms. The second-order valence-electron chi connectivity index (χ2n) is 7.10. The summed E-state index contributed by atoms with van der Waals surface area (Å²) in [5.74, 6) is 2.04. The quantitative estimate of drug-likeness (QED) is 0.466. The maximum Gasteiger partial charge on any atom is 0.189 e. The van der Waals surface area contributed by atoms with Crippen LogP contribution in [0.15, 0.2) is 84.5 Å². The second kappa shape index (κ2) is 7.37. The monoisotopic (exact) mass is 378 g/mol. The highest BCUT2D eigenvalue weighted by Gasteiger charge is 2.31. The molecule has 2 heteroatoms. The molecule has 29 heavy (non-hydrogen) atoms. The number of fused-ring (bicyclic) bond motifs is 1. The lowest BCUT2D eigenvalue weighted by Crippen LogP contribution is -2.14. The third-order valence-corrected chi connectivity index (χ3v) is 5.44. The second-order valence-corrected chi connectivity index (χ2v) is 7.10. The highest BCUT2D eigenvalue weighted by molar-refractivity contribution is 6.11. The van der Waals surface area contributed by atoms with Gasteiger partial charge < -0.3 is 0 Å². The fourth-order valence-corrected chi connectivity index (χ4v) is 3.90. The molecule has 2 aromatic rings. The van der Waals surface area contributed by atoms with E-state index in [0.717, 1.165) is 22.3 Å². The lowest BCUT2D eigenvalue weighted by molar-refractivity contribution is 0.102. The van der Waals surface area contributed by atoms with Crippen LogP contribution < -0.4 is 0 Å². The Balaban J connectivity index is 1.70. The zero-order chi connectivity index (χ0) is 20.5. The largest absolute Gasteiger partial charge is 0.289 e. The van der Waals surface area contributed by atoms with Crippen LogP contribution in [0.3, 0.4) is 0 Å². The molecule has 0 saturated carbocycles. The number of benzene rings is 2. The molecule has 0 fully saturated rings. The van der Waals surface area contributed by atoms with Crippen molar-refractivity contribution in [2.45, 2.75) is 6.92 Å². The van der Waals surface area contributed by atoms with Gasteiger partial charge in [0.05, 0.1) is 0 Å². The average molecular weight is 378 g/mol. The minimum atomic E-state index is -0.305. The SMILES string of the molecule is C#Cc1cc(C(=O)C2=CC=C3C(c4c(F)cccc4C=C)=CC=CC23)ccc1C. The van der Waals surface area contributed by atoms with Gasteiger partial charge in [-0.15, -0.1) is 6.42 Å². The maximum absolute atomic E-state index is 14.7. The number of carbonyl (C=O) groups is 1. The fourth-order valence-electron chi connectivity index (χ4n) is 3.90. The molecule has 0 amide bonds. The van der Waals surface area contributed by atoms with Crippen molar-refractivity contribution in [2.24, 2.45) is 5.92 Å². The van der Waals surface area contributed by atoms with Crippen LogP contribution in [0, 0.1) is 31.0 Å². The van der Waals surface area contributed by atoms with Crippen LogP contribution >= 0.6 is 0 Å². The minimum Gasteiger partial charge on any atom is -0.289 e. The van der Waals surface area contributed by atoms with Crippen LogP contribution in [0.5, 0.6) is 0 Å². The Bertz CT molecular complexity index is 1210. The summed E-state index contributed by atoms with van der Waals surface area (Å²) in [4.78, 5) is 13.2. The van der Waals surface area contributed by atoms with Crippen LogP contribution in [0.2, 0.25) is 0 Å². The van der Waals surface area contributed by atoms with Gasteiger partial charge in [0, 0.05) is 28.2 Å². The van der Waals surface area contributed by atoms with Crippen LogP contribution in [0.4, 0.5) is 4.39 Å². The zero-order valence-corrected chi connectivity index (χ0v) is 16.1. The Hall–Kier alpha value is -3.70. The first kappa shape index (κ1) is 18.7. The Morgan fingerprint density at radius 3 is 2.79 bits per heavy atom. The van der Waals surface area contributed by atoms with Crippen molar-refractivity contribution in [3.8, 4) is 12.3 Å². The Kier molecular flexibility index (Phi) is 4.74. The number of hydrogen-bond acceptors (Lipinski definition) is 1. The zero-order valence-electron chi connectivity index (χ0n) is 16.1. The van der Waals surface area contributed by atoms with E-state index in [1.54, 1.807) is 24.3 Å². The smallest absolute Gasteiger partial charge is 0.189 e. The van der Waals surface area contributed by atoms with E-state index in [1.807, 2.05) is 49.4 Å². The standard InChI is InChI=1S/C27H19FO/c1-4-18-8-6-11-25(28)26(18)23-10-7-9-21-22(23)14-15-24(21)27(29)20-13-12-17(3)19(5-2)16-20/h2,4,6-16,21H,1H2,3H3. The van der Waals surface area contributed by atoms with Crippen molar-refractivity contribution in [2.75, 3.05) is 0 Å². The third-order valence-electron chi connectivity index (χ3n) is 5.44. The van der Waals surface area contributed by atoms with Gasteiger partial charge in [0.15, 0.2) is 5.78 Å². The number of rotatable bonds is 4. The van der Waals surface area contributed by atoms with E-state index in [1.165, 1.54) is 6.07 Å². The van der Waals surface area contributed by atoms with Gasteiger partial charge in [-0.05, 0) is 41.3 Å². The molecule has 0 heterocycles. The number of hydrogen-bond donors (Lipinski definition) is 0. The van der Waals surface area contributed by atoms with Crippen molar-refractivity contribution >= 4 is 17.4 Å². The van der Waals surface area contributed by atoms with Crippen molar-refractivity contribution in [3.63, 3.8) is 0 Å². The molecule has 0 saturated heterocycles. The van der Waals surface area contributed by atoms with Crippen molar-refractivity contribution in [1.82, 2.24) is 0 Å². The maximum atomic E-state index is 14.7. The predicted molar refractivity (Wildman–Crippen MR) is 117 cm³/mol. The Morgan fingerprint density at radius 1 is 1.21 bits per heavy atom. The highest BCUT2D eigenvalue weighted by atomic mass is 19.1. The summed E-state index contributed by atoms with van der Waals surface area (Å²) in [5, 5.41) is 0. The molecule has 1 nitrogen and oxygen atoms in total. The summed E-state index contributed by atoms with van der Waals surface area (Å²) in [6.45, 7) is 5.73. The van der Waals surface area contributed by atoms with Gasteiger partial charge in [0.1, 0.15) is 5.82 Å². The lowest BCUT2D eigenvalue weighted by atomic mass is 9.80. The van der Waals surface area contributed by atoms with Crippen LogP contribution in [0.1, 0.15) is 32.6 Å². The first-order chi connectivity index (χ1) is 14.0. The van der Waals surface area contributed by atoms with Crippen LogP contribution in [0.25, 0.3) is 11.6 Å². The Labute approximate surface area is 170 Å². The third kappa shape index (κ3) is 3.11. The Morgan fingerprint density at radius 2 is 2.03 bits per heavy atom. The van der Waals surface area contributed by atoms with E-state index in [0.29, 0.717) is 22.3 Å². The molecule has 0 aliphatic heterocycles. The number of terminal acetylenes is 1. The summed E-state index contributed by atoms with van der Waals surface area (Å²) >= 11 is 0. The molecular weight excluding hydrogens is 359 g/mol. The molecule has 4 rings (SSSR count). The highest BCUT2D eigenvalue weighted by Crippen LogP contribution is 2.43. The molecule has 0 bridgehead atoms. The van der Waals surface area contributed by atoms with Crippen LogP contribution in [-0.4, -0.2) is 5.78 Å². The topological polar surface area (TPSA) is 17.1 Å². The van der Waals surface area contributed by atoms with E-state index < -0.39 is 0 Å². The van der Waals surface area contributed by atoms with Gasteiger partial charge in [-0.1, -0.05) is 73.2 Å². The summed E-state index contributed by atoms with van der Waals surface area (Å²) in [6.07, 6.45) is 16.7. The number of ketones is 1. The van der Waals surface area contributed by atoms with Gasteiger partial charge >= 0.3 is 0 Å². The van der Waals surface area contributed by atoms with E-state index >= 15 is 0 Å². The summed E-state index contributed by atoms with van der Waals surface area (Å²) in [5.41, 5.74) is 5.81. The summed E-state index contributed by atoms with van der Waals surface area (Å²) in [7, 11) is 0. The van der Waals surface area contributed by atoms with E-state index in [2.05, 4.69) is 12.5 Å². The van der Waals surface area contributed by atoms with E-state index in [4.69, 9.17) is 6.42 Å². The van der Waals surface area contributed by atoms with E-state index in [-0.39, 0.29) is 17.5 Å². The van der Waals surface area contributed by atoms with Crippen molar-refractivity contribution in [3.05, 3.63) is 118 Å². The molecule has 0 aromatic heterocycles. The number of aryl methyl sites for hydroxylation is 1. The van der Waals surface area contributed by atoms with Gasteiger partial charge in [0.2, 0.25) is 0 Å². The molecule has 2 aromatic carbocycles. The van der Waals surface area contributed by atoms with E-state index in [9.17, 15) is 9.18 Å². The normalized spacial score (nSPS) is 17.0. The van der Waals surface area contributed by atoms with Crippen molar-refractivity contribution < 1.29 is 9.18 Å². The number of Topliss-reactive ketones (excluding diaryl/α,β-unsaturated/α-hetero) is 1. The fraction of sp³-hybridized carbons (Fsp3) is 0.0741. The van der Waals surface area contributed by atoms with Gasteiger partial charge in [0.25, 0.3) is 0 Å². The van der Waals surface area contributed by atoms with Crippen molar-refractivity contribution in [1.29, 1.82) is 0 Å². The lowest BCUT2D eigenvalue weighted by Gasteiger charge is -2.22. The minimum absolute atomic E-state index is 0.0684. The van der Waals surface area contributed by atoms with Gasteiger partial charge in [-0.3, -0.25) is 4.79 Å². The molecule has 140 valence electrons. The molecule has 0 radical (unpaired) electrons. The molecule has 1 unspecified atom stereocenters. The molecule has 2 aliphatic carbocycles. The van der Waals surface area contributed by atoms with Crippen LogP contribution in [-0.2, 0) is 0 Å². The molecule has 1 atom stereocenters.